The number of halogens is 5. The molecule has 0 bridgehead atoms. The van der Waals surface area contributed by atoms with Gasteiger partial charge < -0.3 is 4.74 Å². The molecule has 7 heteroatoms. The monoisotopic (exact) mass is 383 g/mol. The van der Waals surface area contributed by atoms with Gasteiger partial charge in [-0.05, 0) is 34.1 Å². The molecular weight excluding hydrogens is 379 g/mol. The fourth-order valence-electron chi connectivity index (χ4n) is 1.65. The number of benzene rings is 1. The molecule has 1 aromatic carbocycles. The fourth-order valence-corrected chi connectivity index (χ4v) is 2.49. The molecular formula is C11H6Br2F3NO. The summed E-state index contributed by atoms with van der Waals surface area (Å²) < 4.78 is 44.7. The third kappa shape index (κ3) is 2.47. The van der Waals surface area contributed by atoms with Gasteiger partial charge in [0.25, 0.3) is 0 Å². The molecule has 0 atom stereocenters. The lowest BCUT2D eigenvalue weighted by atomic mass is 10.1. The highest BCUT2D eigenvalue weighted by molar-refractivity contribution is 9.10. The number of hydrogen-bond acceptors (Lipinski definition) is 2. The van der Waals surface area contributed by atoms with Gasteiger partial charge in [0.15, 0.2) is 0 Å². The summed E-state index contributed by atoms with van der Waals surface area (Å²) in [6, 6.07) is 3.93. The Morgan fingerprint density at radius 1 is 1.17 bits per heavy atom. The van der Waals surface area contributed by atoms with E-state index in [-0.39, 0.29) is 21.3 Å². The minimum Gasteiger partial charge on any atom is -0.496 e. The van der Waals surface area contributed by atoms with Crippen LogP contribution in [0.4, 0.5) is 13.2 Å². The van der Waals surface area contributed by atoms with Gasteiger partial charge in [0.1, 0.15) is 10.4 Å². The van der Waals surface area contributed by atoms with Crippen molar-refractivity contribution in [1.29, 1.82) is 0 Å². The van der Waals surface area contributed by atoms with Crippen LogP contribution < -0.4 is 4.74 Å². The molecule has 0 aliphatic heterocycles. The van der Waals surface area contributed by atoms with Gasteiger partial charge in [0.05, 0.1) is 23.6 Å². The van der Waals surface area contributed by atoms with Gasteiger partial charge in [0, 0.05) is 4.47 Å². The van der Waals surface area contributed by atoms with Crippen molar-refractivity contribution >= 4 is 42.8 Å². The summed E-state index contributed by atoms with van der Waals surface area (Å²) in [5.41, 5.74) is -0.563. The molecule has 96 valence electrons. The van der Waals surface area contributed by atoms with E-state index in [9.17, 15) is 13.2 Å². The minimum atomic E-state index is -4.47. The minimum absolute atomic E-state index is 0.0450. The Balaban J connectivity index is 2.93. The molecule has 0 amide bonds. The smallest absolute Gasteiger partial charge is 0.417 e. The van der Waals surface area contributed by atoms with Crippen LogP contribution in [0.1, 0.15) is 5.56 Å². The number of aromatic nitrogens is 1. The number of hydrogen-bond donors (Lipinski definition) is 0. The van der Waals surface area contributed by atoms with Crippen LogP contribution in [0.2, 0.25) is 0 Å². The fraction of sp³-hybridized carbons (Fsp3) is 0.182. The zero-order valence-electron chi connectivity index (χ0n) is 8.98. The number of nitrogens with zero attached hydrogens (tertiary/aromatic N) is 1. The Hall–Kier alpha value is -0.820. The third-order valence-corrected chi connectivity index (χ3v) is 3.20. The molecule has 0 N–H and O–H groups in total. The lowest BCUT2D eigenvalue weighted by Crippen LogP contribution is -2.07. The molecule has 0 aliphatic carbocycles. The van der Waals surface area contributed by atoms with Gasteiger partial charge in [-0.3, -0.25) is 0 Å². The summed E-state index contributed by atoms with van der Waals surface area (Å²) in [4.78, 5) is 4.03. The first kappa shape index (κ1) is 13.6. The molecule has 2 nitrogen and oxygen atoms in total. The summed E-state index contributed by atoms with van der Waals surface area (Å²) in [6.07, 6.45) is -4.47. The predicted octanol–water partition coefficient (Wildman–Crippen LogP) is 4.79. The van der Waals surface area contributed by atoms with Crippen LogP contribution in [0, 0.1) is 0 Å². The molecule has 0 fully saturated rings. The molecule has 0 saturated carbocycles. The van der Waals surface area contributed by atoms with Crippen molar-refractivity contribution in [2.75, 3.05) is 7.11 Å². The van der Waals surface area contributed by atoms with Crippen molar-refractivity contribution in [3.8, 4) is 5.75 Å². The number of pyridine rings is 1. The molecule has 0 aliphatic rings. The molecule has 0 radical (unpaired) electrons. The highest BCUT2D eigenvalue weighted by Crippen LogP contribution is 2.40. The normalized spacial score (nSPS) is 11.9. The van der Waals surface area contributed by atoms with Crippen LogP contribution in [-0.2, 0) is 6.18 Å². The van der Waals surface area contributed by atoms with E-state index in [1.54, 1.807) is 0 Å². The number of ether oxygens (including phenoxy) is 1. The first-order valence-electron chi connectivity index (χ1n) is 4.74. The summed E-state index contributed by atoms with van der Waals surface area (Å²) in [7, 11) is 1.32. The van der Waals surface area contributed by atoms with Crippen LogP contribution in [-0.4, -0.2) is 12.1 Å². The van der Waals surface area contributed by atoms with Gasteiger partial charge in [-0.15, -0.1) is 0 Å². The number of methoxy groups -OCH3 is 1. The van der Waals surface area contributed by atoms with Gasteiger partial charge in [-0.1, -0.05) is 15.9 Å². The highest BCUT2D eigenvalue weighted by atomic mass is 79.9. The van der Waals surface area contributed by atoms with Crippen LogP contribution in [0.3, 0.4) is 0 Å². The van der Waals surface area contributed by atoms with Crippen molar-refractivity contribution < 1.29 is 17.9 Å². The van der Waals surface area contributed by atoms with Crippen LogP contribution in [0.5, 0.6) is 5.75 Å². The summed E-state index contributed by atoms with van der Waals surface area (Å²) in [5.74, 6) is 0.131. The highest BCUT2D eigenvalue weighted by Gasteiger charge is 2.34. The molecule has 2 rings (SSSR count). The Labute approximate surface area is 117 Å². The topological polar surface area (TPSA) is 22.1 Å². The molecule has 0 saturated heterocycles. The second kappa shape index (κ2) is 4.70. The van der Waals surface area contributed by atoms with Crippen molar-refractivity contribution in [2.45, 2.75) is 6.18 Å². The molecule has 2 aromatic rings. The van der Waals surface area contributed by atoms with Crippen LogP contribution in [0.15, 0.2) is 27.3 Å². The zero-order valence-corrected chi connectivity index (χ0v) is 12.1. The van der Waals surface area contributed by atoms with Crippen molar-refractivity contribution in [3.63, 3.8) is 0 Å². The van der Waals surface area contributed by atoms with E-state index in [0.717, 1.165) is 6.07 Å². The van der Waals surface area contributed by atoms with E-state index in [0.29, 0.717) is 4.47 Å². The predicted molar refractivity (Wildman–Crippen MR) is 68.7 cm³/mol. The zero-order chi connectivity index (χ0) is 13.5. The third-order valence-electron chi connectivity index (χ3n) is 2.33. The lowest BCUT2D eigenvalue weighted by Gasteiger charge is -2.14. The summed E-state index contributed by atoms with van der Waals surface area (Å²) in [6.45, 7) is 0. The molecule has 0 spiro atoms. The van der Waals surface area contributed by atoms with Crippen molar-refractivity contribution in [3.05, 3.63) is 32.8 Å². The summed E-state index contributed by atoms with van der Waals surface area (Å²) >= 11 is 6.19. The van der Waals surface area contributed by atoms with Gasteiger partial charge in [0.2, 0.25) is 0 Å². The van der Waals surface area contributed by atoms with Crippen LogP contribution in [0.25, 0.3) is 10.9 Å². The first-order valence-corrected chi connectivity index (χ1v) is 6.32. The molecule has 18 heavy (non-hydrogen) atoms. The van der Waals surface area contributed by atoms with Crippen molar-refractivity contribution in [2.24, 2.45) is 0 Å². The maximum atomic E-state index is 13.0. The van der Waals surface area contributed by atoms with Crippen molar-refractivity contribution in [1.82, 2.24) is 4.98 Å². The first-order chi connectivity index (χ1) is 8.32. The maximum Gasteiger partial charge on any atom is 0.417 e. The SMILES string of the molecule is COc1cc(Br)cc2nc(Br)cc(C(F)(F)F)c12. The van der Waals surface area contributed by atoms with Gasteiger partial charge in [-0.25, -0.2) is 4.98 Å². The molecule has 0 unspecified atom stereocenters. The maximum absolute atomic E-state index is 13.0. The van der Waals surface area contributed by atoms with E-state index in [1.165, 1.54) is 19.2 Å². The average molecular weight is 385 g/mol. The summed E-state index contributed by atoms with van der Waals surface area (Å²) in [5, 5.41) is -0.0450. The average Bonchev–Trinajstić information content (AvgIpc) is 2.24. The second-order valence-corrected chi connectivity index (χ2v) is 5.22. The Morgan fingerprint density at radius 3 is 2.39 bits per heavy atom. The number of rotatable bonds is 1. The number of fused-ring (bicyclic) bond motifs is 1. The molecule has 1 heterocycles. The van der Waals surface area contributed by atoms with E-state index in [1.807, 2.05) is 0 Å². The Morgan fingerprint density at radius 2 is 1.83 bits per heavy atom. The standard InChI is InChI=1S/C11H6Br2F3NO/c1-18-8-3-5(12)2-7-10(8)6(11(14,15)16)4-9(13)17-7/h2-4H,1H3. The lowest BCUT2D eigenvalue weighted by molar-refractivity contribution is -0.136. The Bertz CT molecular complexity index is 608. The van der Waals surface area contributed by atoms with E-state index < -0.39 is 11.7 Å². The second-order valence-electron chi connectivity index (χ2n) is 3.49. The molecule has 1 aromatic heterocycles. The van der Waals surface area contributed by atoms with Gasteiger partial charge >= 0.3 is 6.18 Å². The van der Waals surface area contributed by atoms with E-state index >= 15 is 0 Å². The van der Waals surface area contributed by atoms with Crippen LogP contribution >= 0.6 is 31.9 Å². The number of alkyl halides is 3. The van der Waals surface area contributed by atoms with E-state index in [2.05, 4.69) is 36.8 Å². The quantitative estimate of drug-likeness (QED) is 0.659. The Kier molecular flexibility index (Phi) is 3.55. The van der Waals surface area contributed by atoms with Gasteiger partial charge in [-0.2, -0.15) is 13.2 Å². The largest absolute Gasteiger partial charge is 0.496 e. The van der Waals surface area contributed by atoms with E-state index in [4.69, 9.17) is 4.74 Å².